The van der Waals surface area contributed by atoms with Crippen molar-refractivity contribution in [1.29, 1.82) is 0 Å². The number of ether oxygens (including phenoxy) is 1. The number of thiophene rings is 1. The zero-order valence-electron chi connectivity index (χ0n) is 8.08. The maximum atomic E-state index is 10.1. The van der Waals surface area contributed by atoms with Crippen molar-refractivity contribution in [2.75, 3.05) is 13.2 Å². The van der Waals surface area contributed by atoms with Gasteiger partial charge in [-0.05, 0) is 34.8 Å². The van der Waals surface area contributed by atoms with Crippen LogP contribution in [0, 0.1) is 5.92 Å². The molecular weight excluding hydrogens is 300 g/mol. The number of halogens is 2. The Morgan fingerprint density at radius 2 is 2.47 bits per heavy atom. The molecule has 1 fully saturated rings. The first kappa shape index (κ1) is 11.9. The van der Waals surface area contributed by atoms with Crippen LogP contribution in [-0.2, 0) is 4.74 Å². The number of aliphatic hydroxyl groups is 1. The SMILES string of the molecule is OC(c1cc(Br)c(Cl)s1)C1CCCOC1. The van der Waals surface area contributed by atoms with E-state index in [-0.39, 0.29) is 5.92 Å². The second-order valence-corrected chi connectivity index (χ2v) is 6.23. The van der Waals surface area contributed by atoms with Crippen molar-refractivity contribution >= 4 is 38.9 Å². The third-order valence-electron chi connectivity index (χ3n) is 2.60. The molecule has 84 valence electrons. The maximum Gasteiger partial charge on any atom is 0.107 e. The van der Waals surface area contributed by atoms with Gasteiger partial charge in [-0.2, -0.15) is 0 Å². The molecule has 5 heteroatoms. The molecule has 15 heavy (non-hydrogen) atoms. The number of hydrogen-bond donors (Lipinski definition) is 1. The van der Waals surface area contributed by atoms with E-state index in [0.717, 1.165) is 28.8 Å². The highest BCUT2D eigenvalue weighted by Crippen LogP contribution is 2.39. The quantitative estimate of drug-likeness (QED) is 0.904. The molecular formula is C10H12BrClO2S. The summed E-state index contributed by atoms with van der Waals surface area (Å²) in [6.07, 6.45) is 1.61. The summed E-state index contributed by atoms with van der Waals surface area (Å²) < 4.78 is 6.92. The Morgan fingerprint density at radius 1 is 1.67 bits per heavy atom. The predicted octanol–water partition coefficient (Wildman–Crippen LogP) is 3.62. The molecule has 0 spiro atoms. The highest BCUT2D eigenvalue weighted by Gasteiger charge is 2.25. The molecule has 2 rings (SSSR count). The molecule has 0 radical (unpaired) electrons. The van der Waals surface area contributed by atoms with Crippen molar-refractivity contribution in [3.63, 3.8) is 0 Å². The lowest BCUT2D eigenvalue weighted by Crippen LogP contribution is -2.23. The molecule has 1 aromatic heterocycles. The van der Waals surface area contributed by atoms with Gasteiger partial charge in [-0.25, -0.2) is 0 Å². The van der Waals surface area contributed by atoms with Crippen LogP contribution in [0.5, 0.6) is 0 Å². The second-order valence-electron chi connectivity index (χ2n) is 3.69. The molecule has 1 saturated heterocycles. The van der Waals surface area contributed by atoms with Crippen LogP contribution in [0.3, 0.4) is 0 Å². The Bertz CT molecular complexity index is 317. The van der Waals surface area contributed by atoms with Crippen molar-refractivity contribution in [3.8, 4) is 0 Å². The molecule has 1 aromatic rings. The first-order valence-electron chi connectivity index (χ1n) is 4.89. The highest BCUT2D eigenvalue weighted by atomic mass is 79.9. The molecule has 2 heterocycles. The smallest absolute Gasteiger partial charge is 0.107 e. The average molecular weight is 312 g/mol. The first-order chi connectivity index (χ1) is 7.18. The van der Waals surface area contributed by atoms with Crippen LogP contribution in [-0.4, -0.2) is 18.3 Å². The molecule has 0 bridgehead atoms. The molecule has 0 aliphatic carbocycles. The summed E-state index contributed by atoms with van der Waals surface area (Å²) in [7, 11) is 0. The molecule has 1 N–H and O–H groups in total. The predicted molar refractivity (Wildman–Crippen MR) is 65.5 cm³/mol. The lowest BCUT2D eigenvalue weighted by Gasteiger charge is -2.25. The average Bonchev–Trinajstić information content (AvgIpc) is 2.59. The van der Waals surface area contributed by atoms with E-state index in [0.29, 0.717) is 10.9 Å². The third kappa shape index (κ3) is 2.74. The van der Waals surface area contributed by atoms with Crippen LogP contribution in [0.15, 0.2) is 10.5 Å². The van der Waals surface area contributed by atoms with Gasteiger partial charge in [-0.15, -0.1) is 11.3 Å². The molecule has 2 nitrogen and oxygen atoms in total. The van der Waals surface area contributed by atoms with E-state index in [4.69, 9.17) is 16.3 Å². The van der Waals surface area contributed by atoms with E-state index in [9.17, 15) is 5.11 Å². The standard InChI is InChI=1S/C10H12BrClO2S/c11-7-4-8(15-10(7)12)9(13)6-2-1-3-14-5-6/h4,6,9,13H,1-3,5H2. The van der Waals surface area contributed by atoms with Crippen molar-refractivity contribution in [2.24, 2.45) is 5.92 Å². The van der Waals surface area contributed by atoms with E-state index in [2.05, 4.69) is 15.9 Å². The topological polar surface area (TPSA) is 29.5 Å². The summed E-state index contributed by atoms with van der Waals surface area (Å²) in [6, 6.07) is 1.90. The Labute approximate surface area is 106 Å². The van der Waals surface area contributed by atoms with Gasteiger partial charge in [0, 0.05) is 21.9 Å². The van der Waals surface area contributed by atoms with E-state index in [1.807, 2.05) is 6.07 Å². The Kier molecular flexibility index (Phi) is 4.07. The van der Waals surface area contributed by atoms with E-state index in [1.54, 1.807) is 0 Å². The fraction of sp³-hybridized carbons (Fsp3) is 0.600. The number of hydrogen-bond acceptors (Lipinski definition) is 3. The molecule has 2 atom stereocenters. The molecule has 1 aliphatic rings. The van der Waals surface area contributed by atoms with Gasteiger partial charge in [0.05, 0.1) is 12.7 Å². The summed E-state index contributed by atoms with van der Waals surface area (Å²) >= 11 is 10.7. The van der Waals surface area contributed by atoms with Crippen LogP contribution in [0.2, 0.25) is 4.34 Å². The van der Waals surface area contributed by atoms with Gasteiger partial charge in [-0.1, -0.05) is 11.6 Å². The van der Waals surface area contributed by atoms with Crippen molar-refractivity contribution in [1.82, 2.24) is 0 Å². The third-order valence-corrected chi connectivity index (χ3v) is 5.14. The monoisotopic (exact) mass is 310 g/mol. The molecule has 0 amide bonds. The second kappa shape index (κ2) is 5.15. The minimum absolute atomic E-state index is 0.209. The van der Waals surface area contributed by atoms with Gasteiger partial charge >= 0.3 is 0 Å². The summed E-state index contributed by atoms with van der Waals surface area (Å²) in [5.74, 6) is 0.209. The minimum atomic E-state index is -0.445. The normalized spacial score (nSPS) is 24.1. The Morgan fingerprint density at radius 3 is 3.00 bits per heavy atom. The summed E-state index contributed by atoms with van der Waals surface area (Å²) in [5.41, 5.74) is 0. The lowest BCUT2D eigenvalue weighted by molar-refractivity contribution is -0.00864. The number of aliphatic hydroxyl groups excluding tert-OH is 1. The van der Waals surface area contributed by atoms with Gasteiger partial charge in [0.25, 0.3) is 0 Å². The van der Waals surface area contributed by atoms with Crippen LogP contribution < -0.4 is 0 Å². The van der Waals surface area contributed by atoms with Gasteiger partial charge < -0.3 is 9.84 Å². The zero-order valence-corrected chi connectivity index (χ0v) is 11.2. The lowest BCUT2D eigenvalue weighted by atomic mass is 9.95. The van der Waals surface area contributed by atoms with Crippen LogP contribution >= 0.6 is 38.9 Å². The highest BCUT2D eigenvalue weighted by molar-refractivity contribution is 9.10. The van der Waals surface area contributed by atoms with Crippen LogP contribution in [0.25, 0.3) is 0 Å². The van der Waals surface area contributed by atoms with Gasteiger partial charge in [-0.3, -0.25) is 0 Å². The number of rotatable bonds is 2. The fourth-order valence-corrected chi connectivity index (χ4v) is 3.57. The van der Waals surface area contributed by atoms with Gasteiger partial charge in [0.1, 0.15) is 4.34 Å². The van der Waals surface area contributed by atoms with Gasteiger partial charge in [0.2, 0.25) is 0 Å². The van der Waals surface area contributed by atoms with E-state index in [1.165, 1.54) is 11.3 Å². The maximum absolute atomic E-state index is 10.1. The Hall–Kier alpha value is 0.390. The molecule has 0 aromatic carbocycles. The van der Waals surface area contributed by atoms with E-state index >= 15 is 0 Å². The van der Waals surface area contributed by atoms with Crippen molar-refractivity contribution in [3.05, 3.63) is 19.8 Å². The summed E-state index contributed by atoms with van der Waals surface area (Å²) in [5, 5.41) is 10.1. The minimum Gasteiger partial charge on any atom is -0.387 e. The van der Waals surface area contributed by atoms with Gasteiger partial charge in [0.15, 0.2) is 0 Å². The van der Waals surface area contributed by atoms with Crippen LogP contribution in [0.1, 0.15) is 23.8 Å². The fourth-order valence-electron chi connectivity index (χ4n) is 1.76. The van der Waals surface area contributed by atoms with E-state index < -0.39 is 6.10 Å². The zero-order chi connectivity index (χ0) is 10.8. The first-order valence-corrected chi connectivity index (χ1v) is 6.88. The van der Waals surface area contributed by atoms with Crippen LogP contribution in [0.4, 0.5) is 0 Å². The Balaban J connectivity index is 2.08. The van der Waals surface area contributed by atoms with Crippen molar-refractivity contribution < 1.29 is 9.84 Å². The summed E-state index contributed by atoms with van der Waals surface area (Å²) in [4.78, 5) is 0.919. The summed E-state index contributed by atoms with van der Waals surface area (Å²) in [6.45, 7) is 1.46. The van der Waals surface area contributed by atoms with Crippen molar-refractivity contribution in [2.45, 2.75) is 18.9 Å². The molecule has 2 unspecified atom stereocenters. The largest absolute Gasteiger partial charge is 0.387 e. The molecule has 1 aliphatic heterocycles. The molecule has 0 saturated carbocycles.